The third-order valence-corrected chi connectivity index (χ3v) is 4.05. The summed E-state index contributed by atoms with van der Waals surface area (Å²) in [5.41, 5.74) is 0. The maximum Gasteiger partial charge on any atom is 0.0581 e. The van der Waals surface area contributed by atoms with Crippen molar-refractivity contribution in [3.05, 3.63) is 0 Å². The van der Waals surface area contributed by atoms with Gasteiger partial charge < -0.3 is 10.1 Å². The average Bonchev–Trinajstić information content (AvgIpc) is 2.10. The van der Waals surface area contributed by atoms with Crippen LogP contribution in [0, 0.1) is 11.8 Å². The molecule has 0 spiro atoms. The summed E-state index contributed by atoms with van der Waals surface area (Å²) in [4.78, 5) is 0. The standard InChI is InChI=1S/C11H23NO2S/c1-10(2)3-4-14-5-6-15(13)9-11-7-12-8-11/h10-12H,3-9H2,1-2H3. The molecule has 0 saturated carbocycles. The molecule has 4 heteroatoms. The highest BCUT2D eigenvalue weighted by Crippen LogP contribution is 2.05. The highest BCUT2D eigenvalue weighted by atomic mass is 32.2. The molecular formula is C11H23NO2S. The molecule has 1 aliphatic rings. The Morgan fingerprint density at radius 3 is 2.67 bits per heavy atom. The van der Waals surface area contributed by atoms with Crippen LogP contribution < -0.4 is 5.32 Å². The molecule has 0 aromatic carbocycles. The Kier molecular flexibility index (Phi) is 6.45. The number of ether oxygens (including phenoxy) is 1. The normalized spacial score (nSPS) is 19.1. The van der Waals surface area contributed by atoms with Gasteiger partial charge in [-0.05, 0) is 18.3 Å². The lowest BCUT2D eigenvalue weighted by molar-refractivity contribution is 0.138. The van der Waals surface area contributed by atoms with Gasteiger partial charge in [-0.25, -0.2) is 0 Å². The van der Waals surface area contributed by atoms with E-state index < -0.39 is 10.8 Å². The molecule has 1 N–H and O–H groups in total. The second-order valence-electron chi connectivity index (χ2n) is 4.63. The SMILES string of the molecule is CC(C)CCOCCS(=O)CC1CNC1. The largest absolute Gasteiger partial charge is 0.380 e. The zero-order valence-corrected chi connectivity index (χ0v) is 10.6. The summed E-state index contributed by atoms with van der Waals surface area (Å²) in [5.74, 6) is 2.88. The highest BCUT2D eigenvalue weighted by molar-refractivity contribution is 7.85. The van der Waals surface area contributed by atoms with Crippen molar-refractivity contribution in [2.75, 3.05) is 37.8 Å². The van der Waals surface area contributed by atoms with E-state index in [1.54, 1.807) is 0 Å². The maximum absolute atomic E-state index is 11.5. The molecule has 0 bridgehead atoms. The predicted molar refractivity (Wildman–Crippen MR) is 64.5 cm³/mol. The first-order chi connectivity index (χ1) is 7.18. The Morgan fingerprint density at radius 1 is 1.40 bits per heavy atom. The molecule has 1 unspecified atom stereocenters. The second kappa shape index (κ2) is 7.36. The quantitative estimate of drug-likeness (QED) is 0.636. The van der Waals surface area contributed by atoms with Crippen molar-refractivity contribution in [3.63, 3.8) is 0 Å². The number of rotatable bonds is 8. The summed E-state index contributed by atoms with van der Waals surface area (Å²) >= 11 is 0. The predicted octanol–water partition coefficient (Wildman–Crippen LogP) is 1.02. The Hall–Kier alpha value is 0.0700. The molecule has 0 aromatic heterocycles. The van der Waals surface area contributed by atoms with Crippen LogP contribution in [0.1, 0.15) is 20.3 Å². The number of nitrogens with one attached hydrogen (secondary N) is 1. The van der Waals surface area contributed by atoms with Crippen molar-refractivity contribution in [1.82, 2.24) is 5.32 Å². The highest BCUT2D eigenvalue weighted by Gasteiger charge is 2.18. The summed E-state index contributed by atoms with van der Waals surface area (Å²) in [6.45, 7) is 7.91. The molecule has 0 aliphatic carbocycles. The van der Waals surface area contributed by atoms with E-state index in [0.29, 0.717) is 24.2 Å². The van der Waals surface area contributed by atoms with Gasteiger partial charge in [0.1, 0.15) is 0 Å². The van der Waals surface area contributed by atoms with Crippen LogP contribution in [0.25, 0.3) is 0 Å². The van der Waals surface area contributed by atoms with Gasteiger partial charge in [-0.3, -0.25) is 4.21 Å². The molecule has 1 saturated heterocycles. The minimum absolute atomic E-state index is 0.640. The average molecular weight is 233 g/mol. The van der Waals surface area contributed by atoms with Crippen LogP contribution >= 0.6 is 0 Å². The monoisotopic (exact) mass is 233 g/mol. The van der Waals surface area contributed by atoms with Crippen LogP contribution in [0.5, 0.6) is 0 Å². The van der Waals surface area contributed by atoms with E-state index in [1.807, 2.05) is 0 Å². The van der Waals surface area contributed by atoms with E-state index in [-0.39, 0.29) is 0 Å². The number of hydrogen-bond donors (Lipinski definition) is 1. The fourth-order valence-corrected chi connectivity index (χ4v) is 2.62. The van der Waals surface area contributed by atoms with E-state index in [0.717, 1.165) is 31.9 Å². The van der Waals surface area contributed by atoms with Gasteiger partial charge in [0, 0.05) is 42.0 Å². The lowest BCUT2D eigenvalue weighted by atomic mass is 10.1. The minimum Gasteiger partial charge on any atom is -0.380 e. The van der Waals surface area contributed by atoms with Crippen LogP contribution in [0.4, 0.5) is 0 Å². The summed E-state index contributed by atoms with van der Waals surface area (Å²) in [6.07, 6.45) is 1.10. The lowest BCUT2D eigenvalue weighted by Crippen LogP contribution is -2.45. The van der Waals surface area contributed by atoms with Crippen molar-refractivity contribution in [2.24, 2.45) is 11.8 Å². The van der Waals surface area contributed by atoms with Crippen molar-refractivity contribution in [1.29, 1.82) is 0 Å². The smallest absolute Gasteiger partial charge is 0.0581 e. The van der Waals surface area contributed by atoms with Crippen LogP contribution in [0.3, 0.4) is 0 Å². The summed E-state index contributed by atoms with van der Waals surface area (Å²) in [5, 5.41) is 3.19. The Labute approximate surface area is 95.4 Å². The molecule has 1 fully saturated rings. The molecule has 0 aromatic rings. The fraction of sp³-hybridized carbons (Fsp3) is 1.00. The molecule has 0 radical (unpaired) electrons. The first kappa shape index (κ1) is 13.1. The molecule has 15 heavy (non-hydrogen) atoms. The molecule has 1 atom stereocenters. The van der Waals surface area contributed by atoms with Crippen molar-refractivity contribution >= 4 is 10.8 Å². The van der Waals surface area contributed by atoms with Gasteiger partial charge in [-0.15, -0.1) is 0 Å². The molecular weight excluding hydrogens is 210 g/mol. The van der Waals surface area contributed by atoms with Crippen molar-refractivity contribution in [3.8, 4) is 0 Å². The van der Waals surface area contributed by atoms with E-state index in [2.05, 4.69) is 19.2 Å². The molecule has 90 valence electrons. The van der Waals surface area contributed by atoms with Crippen LogP contribution in [-0.4, -0.2) is 42.0 Å². The van der Waals surface area contributed by atoms with Gasteiger partial charge >= 0.3 is 0 Å². The van der Waals surface area contributed by atoms with Gasteiger partial charge in [0.25, 0.3) is 0 Å². The van der Waals surface area contributed by atoms with Gasteiger partial charge in [-0.2, -0.15) is 0 Å². The summed E-state index contributed by atoms with van der Waals surface area (Å²) in [6, 6.07) is 0. The van der Waals surface area contributed by atoms with Crippen LogP contribution in [-0.2, 0) is 15.5 Å². The third-order valence-electron chi connectivity index (χ3n) is 2.58. The minimum atomic E-state index is -0.678. The number of hydrogen-bond acceptors (Lipinski definition) is 3. The molecule has 1 aliphatic heterocycles. The van der Waals surface area contributed by atoms with E-state index in [9.17, 15) is 4.21 Å². The van der Waals surface area contributed by atoms with Gasteiger partial charge in [0.2, 0.25) is 0 Å². The van der Waals surface area contributed by atoms with Crippen molar-refractivity contribution < 1.29 is 8.95 Å². The van der Waals surface area contributed by atoms with Gasteiger partial charge in [-0.1, -0.05) is 13.8 Å². The molecule has 0 amide bonds. The fourth-order valence-electron chi connectivity index (χ4n) is 1.39. The van der Waals surface area contributed by atoms with Crippen LogP contribution in [0.2, 0.25) is 0 Å². The summed E-state index contributed by atoms with van der Waals surface area (Å²) < 4.78 is 17.0. The Bertz CT molecular complexity index is 193. The zero-order valence-electron chi connectivity index (χ0n) is 9.83. The Morgan fingerprint density at radius 2 is 2.13 bits per heavy atom. The first-order valence-electron chi connectivity index (χ1n) is 5.82. The van der Waals surface area contributed by atoms with Crippen molar-refractivity contribution in [2.45, 2.75) is 20.3 Å². The van der Waals surface area contributed by atoms with Gasteiger partial charge in [0.05, 0.1) is 6.61 Å². The summed E-state index contributed by atoms with van der Waals surface area (Å²) in [7, 11) is -0.678. The molecule has 1 rings (SSSR count). The zero-order chi connectivity index (χ0) is 11.1. The second-order valence-corrected chi connectivity index (χ2v) is 6.25. The first-order valence-corrected chi connectivity index (χ1v) is 7.30. The third kappa shape index (κ3) is 6.28. The molecule has 1 heterocycles. The van der Waals surface area contributed by atoms with Crippen LogP contribution in [0.15, 0.2) is 0 Å². The van der Waals surface area contributed by atoms with E-state index in [4.69, 9.17) is 4.74 Å². The topological polar surface area (TPSA) is 38.3 Å². The Balaban J connectivity index is 1.88. The van der Waals surface area contributed by atoms with Gasteiger partial charge in [0.15, 0.2) is 0 Å². The molecule has 3 nitrogen and oxygen atoms in total. The van der Waals surface area contributed by atoms with E-state index in [1.165, 1.54) is 0 Å². The maximum atomic E-state index is 11.5. The van der Waals surface area contributed by atoms with E-state index >= 15 is 0 Å². The lowest BCUT2D eigenvalue weighted by Gasteiger charge is -2.26.